The molecule has 3 rings (SSSR count). The summed E-state index contributed by atoms with van der Waals surface area (Å²) >= 11 is 1.77. The fourth-order valence-electron chi connectivity index (χ4n) is 3.29. The molecule has 124 valence electrons. The molecular formula is C20H27NOS. The van der Waals surface area contributed by atoms with E-state index in [-0.39, 0.29) is 0 Å². The number of fused-ring (bicyclic) bond motifs is 1. The minimum absolute atomic E-state index is 0.514. The zero-order chi connectivity index (χ0) is 15.9. The molecule has 0 saturated heterocycles. The van der Waals surface area contributed by atoms with E-state index in [1.807, 2.05) is 0 Å². The van der Waals surface area contributed by atoms with Gasteiger partial charge in [0, 0.05) is 12.5 Å². The van der Waals surface area contributed by atoms with Gasteiger partial charge in [0.2, 0.25) is 0 Å². The van der Waals surface area contributed by atoms with Crippen LogP contribution in [0.4, 0.5) is 0 Å². The summed E-state index contributed by atoms with van der Waals surface area (Å²) < 4.78 is 6.14. The highest BCUT2D eigenvalue weighted by Crippen LogP contribution is 2.25. The summed E-state index contributed by atoms with van der Waals surface area (Å²) in [5.74, 6) is 1.55. The van der Waals surface area contributed by atoms with Crippen molar-refractivity contribution in [1.82, 2.24) is 5.32 Å². The third-order valence-corrected chi connectivity index (χ3v) is 5.33. The summed E-state index contributed by atoms with van der Waals surface area (Å²) in [5.41, 5.74) is 4.44. The number of aryl methyl sites for hydroxylation is 2. The molecule has 2 aromatic rings. The van der Waals surface area contributed by atoms with Crippen LogP contribution in [-0.2, 0) is 19.3 Å². The first-order valence-corrected chi connectivity index (χ1v) is 9.76. The molecule has 3 heteroatoms. The minimum atomic E-state index is 0.514. The Hall–Kier alpha value is -1.32. The summed E-state index contributed by atoms with van der Waals surface area (Å²) in [4.78, 5) is 0. The van der Waals surface area contributed by atoms with Crippen molar-refractivity contribution in [3.05, 3.63) is 51.7 Å². The van der Waals surface area contributed by atoms with Gasteiger partial charge in [-0.2, -0.15) is 11.3 Å². The molecule has 0 amide bonds. The van der Waals surface area contributed by atoms with E-state index in [1.165, 1.54) is 42.4 Å². The van der Waals surface area contributed by atoms with Crippen molar-refractivity contribution in [2.75, 3.05) is 19.7 Å². The molecule has 1 aromatic heterocycles. The topological polar surface area (TPSA) is 21.3 Å². The molecule has 0 radical (unpaired) electrons. The summed E-state index contributed by atoms with van der Waals surface area (Å²) in [7, 11) is 0. The molecule has 1 aliphatic rings. The predicted octanol–water partition coefficient (Wildman–Crippen LogP) is 4.47. The van der Waals surface area contributed by atoms with Gasteiger partial charge in [0.05, 0.1) is 6.61 Å². The van der Waals surface area contributed by atoms with E-state index in [2.05, 4.69) is 47.3 Å². The van der Waals surface area contributed by atoms with E-state index in [4.69, 9.17) is 4.74 Å². The molecule has 1 N–H and O–H groups in total. The average Bonchev–Trinajstić information content (AvgIpc) is 3.10. The van der Waals surface area contributed by atoms with E-state index < -0.39 is 0 Å². The van der Waals surface area contributed by atoms with Crippen LogP contribution in [0.25, 0.3) is 0 Å². The Morgan fingerprint density at radius 2 is 2.04 bits per heavy atom. The number of benzene rings is 1. The number of nitrogens with one attached hydrogen (secondary N) is 1. The average molecular weight is 330 g/mol. The molecule has 2 nitrogen and oxygen atoms in total. The Balaban J connectivity index is 1.58. The first-order chi connectivity index (χ1) is 11.3. The molecule has 0 bridgehead atoms. The fraction of sp³-hybridized carbons (Fsp3) is 0.500. The number of ether oxygens (including phenoxy) is 1. The van der Waals surface area contributed by atoms with Crippen LogP contribution < -0.4 is 10.1 Å². The maximum absolute atomic E-state index is 6.14. The van der Waals surface area contributed by atoms with Gasteiger partial charge < -0.3 is 10.1 Å². The van der Waals surface area contributed by atoms with Gasteiger partial charge in [0.25, 0.3) is 0 Å². The summed E-state index contributed by atoms with van der Waals surface area (Å²) in [5, 5.41) is 7.87. The highest BCUT2D eigenvalue weighted by molar-refractivity contribution is 7.07. The first-order valence-electron chi connectivity index (χ1n) is 8.81. The Morgan fingerprint density at radius 3 is 2.83 bits per heavy atom. The summed E-state index contributed by atoms with van der Waals surface area (Å²) in [6, 6.07) is 8.91. The summed E-state index contributed by atoms with van der Waals surface area (Å²) in [6.07, 6.45) is 6.18. The highest BCUT2D eigenvalue weighted by atomic mass is 32.1. The van der Waals surface area contributed by atoms with Crippen LogP contribution in [0.15, 0.2) is 35.0 Å². The second kappa shape index (κ2) is 8.51. The molecule has 1 atom stereocenters. The van der Waals surface area contributed by atoms with Crippen LogP contribution in [0, 0.1) is 5.92 Å². The normalized spacial score (nSPS) is 15.2. The van der Waals surface area contributed by atoms with Crippen molar-refractivity contribution in [1.29, 1.82) is 0 Å². The largest absolute Gasteiger partial charge is 0.493 e. The molecule has 0 aliphatic heterocycles. The lowest BCUT2D eigenvalue weighted by Gasteiger charge is -2.20. The lowest BCUT2D eigenvalue weighted by Crippen LogP contribution is -2.28. The quantitative estimate of drug-likeness (QED) is 0.771. The van der Waals surface area contributed by atoms with E-state index >= 15 is 0 Å². The second-order valence-electron chi connectivity index (χ2n) is 6.46. The van der Waals surface area contributed by atoms with Gasteiger partial charge in [-0.3, -0.25) is 0 Å². The highest BCUT2D eigenvalue weighted by Gasteiger charge is 2.13. The molecule has 0 saturated carbocycles. The van der Waals surface area contributed by atoms with Crippen molar-refractivity contribution in [3.63, 3.8) is 0 Å². The predicted molar refractivity (Wildman–Crippen MR) is 98.6 cm³/mol. The maximum atomic E-state index is 6.14. The van der Waals surface area contributed by atoms with Crippen LogP contribution in [0.1, 0.15) is 36.5 Å². The Bertz CT molecular complexity index is 594. The zero-order valence-electron chi connectivity index (χ0n) is 14.0. The van der Waals surface area contributed by atoms with Gasteiger partial charge in [-0.25, -0.2) is 0 Å². The smallest absolute Gasteiger partial charge is 0.119 e. The van der Waals surface area contributed by atoms with Crippen molar-refractivity contribution >= 4 is 11.3 Å². The van der Waals surface area contributed by atoms with Gasteiger partial charge in [-0.15, -0.1) is 0 Å². The van der Waals surface area contributed by atoms with Crippen LogP contribution in [0.3, 0.4) is 0 Å². The maximum Gasteiger partial charge on any atom is 0.119 e. The number of thiophene rings is 1. The van der Waals surface area contributed by atoms with Crippen LogP contribution in [0.2, 0.25) is 0 Å². The fourth-order valence-corrected chi connectivity index (χ4v) is 3.98. The van der Waals surface area contributed by atoms with Gasteiger partial charge in [-0.1, -0.05) is 13.0 Å². The van der Waals surface area contributed by atoms with Crippen molar-refractivity contribution in [2.24, 2.45) is 5.92 Å². The Labute approximate surface area is 143 Å². The van der Waals surface area contributed by atoms with Crippen molar-refractivity contribution in [2.45, 2.75) is 39.0 Å². The van der Waals surface area contributed by atoms with Crippen molar-refractivity contribution < 1.29 is 4.74 Å². The van der Waals surface area contributed by atoms with E-state index in [9.17, 15) is 0 Å². The van der Waals surface area contributed by atoms with Crippen LogP contribution in [0.5, 0.6) is 5.75 Å². The van der Waals surface area contributed by atoms with Crippen molar-refractivity contribution in [3.8, 4) is 5.75 Å². The Morgan fingerprint density at radius 1 is 1.17 bits per heavy atom. The molecular weight excluding hydrogens is 302 g/mol. The monoisotopic (exact) mass is 329 g/mol. The molecule has 1 aliphatic carbocycles. The molecule has 0 fully saturated rings. The standard InChI is InChI=1S/C20H27NOS/c1-2-21-13-17(11-16-9-10-23-15-16)14-22-20-8-7-18-5-3-4-6-19(18)12-20/h7-10,12,15,17,21H,2-6,11,13-14H2,1H3. The van der Waals surface area contributed by atoms with Crippen LogP contribution >= 0.6 is 11.3 Å². The molecule has 1 aromatic carbocycles. The van der Waals surface area contributed by atoms with E-state index in [0.717, 1.165) is 31.9 Å². The number of rotatable bonds is 8. The SMILES string of the molecule is CCNCC(COc1ccc2c(c1)CCCC2)Cc1ccsc1. The lowest BCUT2D eigenvalue weighted by molar-refractivity contribution is 0.243. The molecule has 1 unspecified atom stereocenters. The van der Waals surface area contributed by atoms with E-state index in [0.29, 0.717) is 5.92 Å². The van der Waals surface area contributed by atoms with Crippen LogP contribution in [-0.4, -0.2) is 19.7 Å². The lowest BCUT2D eigenvalue weighted by atomic mass is 9.92. The molecule has 23 heavy (non-hydrogen) atoms. The van der Waals surface area contributed by atoms with Gasteiger partial charge in [-0.05, 0) is 84.3 Å². The molecule has 0 spiro atoms. The van der Waals surface area contributed by atoms with E-state index in [1.54, 1.807) is 11.3 Å². The number of hydrogen-bond acceptors (Lipinski definition) is 3. The third-order valence-electron chi connectivity index (χ3n) is 4.59. The Kier molecular flexibility index (Phi) is 6.12. The zero-order valence-corrected chi connectivity index (χ0v) is 14.8. The molecule has 1 heterocycles. The third kappa shape index (κ3) is 4.82. The van der Waals surface area contributed by atoms with Gasteiger partial charge >= 0.3 is 0 Å². The van der Waals surface area contributed by atoms with Gasteiger partial charge in [0.1, 0.15) is 5.75 Å². The number of hydrogen-bond donors (Lipinski definition) is 1. The summed E-state index contributed by atoms with van der Waals surface area (Å²) in [6.45, 7) is 4.96. The second-order valence-corrected chi connectivity index (χ2v) is 7.24. The minimum Gasteiger partial charge on any atom is -0.493 e. The van der Waals surface area contributed by atoms with Gasteiger partial charge in [0.15, 0.2) is 0 Å². The first kappa shape index (κ1) is 16.5.